The van der Waals surface area contributed by atoms with E-state index in [0.717, 1.165) is 13.1 Å². The molecule has 1 saturated heterocycles. The SMILES string of the molecule is Cc1ccc(C(CNC(=O)NCCO)N2CCCC2)cc1. The van der Waals surface area contributed by atoms with E-state index in [4.69, 9.17) is 5.11 Å². The van der Waals surface area contributed by atoms with Crippen LogP contribution < -0.4 is 10.6 Å². The van der Waals surface area contributed by atoms with Gasteiger partial charge in [-0.05, 0) is 38.4 Å². The molecule has 5 heteroatoms. The van der Waals surface area contributed by atoms with Crippen LogP contribution in [0.2, 0.25) is 0 Å². The number of nitrogens with zero attached hydrogens (tertiary/aromatic N) is 1. The molecule has 2 rings (SSSR count). The predicted molar refractivity (Wildman–Crippen MR) is 83.2 cm³/mol. The maximum absolute atomic E-state index is 11.7. The number of hydrogen-bond acceptors (Lipinski definition) is 3. The quantitative estimate of drug-likeness (QED) is 0.743. The molecule has 0 spiro atoms. The second-order valence-electron chi connectivity index (χ2n) is 5.53. The Labute approximate surface area is 126 Å². The number of hydrogen-bond donors (Lipinski definition) is 3. The average Bonchev–Trinajstić information content (AvgIpc) is 3.01. The molecule has 2 amide bonds. The molecule has 0 aromatic heterocycles. The molecular weight excluding hydrogens is 266 g/mol. The predicted octanol–water partition coefficient (Wildman–Crippen LogP) is 1.42. The second-order valence-corrected chi connectivity index (χ2v) is 5.53. The number of nitrogens with one attached hydrogen (secondary N) is 2. The van der Waals surface area contributed by atoms with Crippen LogP contribution in [0.15, 0.2) is 24.3 Å². The smallest absolute Gasteiger partial charge is 0.314 e. The molecule has 1 heterocycles. The minimum absolute atomic E-state index is 0.0407. The Morgan fingerprint density at radius 3 is 2.52 bits per heavy atom. The van der Waals surface area contributed by atoms with Gasteiger partial charge in [0.15, 0.2) is 0 Å². The summed E-state index contributed by atoms with van der Waals surface area (Å²) in [6, 6.07) is 8.51. The van der Waals surface area contributed by atoms with Crippen molar-refractivity contribution in [1.82, 2.24) is 15.5 Å². The van der Waals surface area contributed by atoms with Crippen molar-refractivity contribution in [2.75, 3.05) is 32.8 Å². The van der Waals surface area contributed by atoms with E-state index in [1.54, 1.807) is 0 Å². The van der Waals surface area contributed by atoms with Gasteiger partial charge in [-0.3, -0.25) is 4.90 Å². The highest BCUT2D eigenvalue weighted by Crippen LogP contribution is 2.24. The lowest BCUT2D eigenvalue weighted by Crippen LogP contribution is -2.42. The first-order chi connectivity index (χ1) is 10.2. The van der Waals surface area contributed by atoms with Crippen LogP contribution in [0, 0.1) is 6.92 Å². The highest BCUT2D eigenvalue weighted by Gasteiger charge is 2.23. The Kier molecular flexibility index (Phi) is 6.02. The second kappa shape index (κ2) is 8.00. The monoisotopic (exact) mass is 291 g/mol. The fraction of sp³-hybridized carbons (Fsp3) is 0.562. The zero-order valence-electron chi connectivity index (χ0n) is 12.6. The Bertz CT molecular complexity index is 441. The molecule has 1 aromatic rings. The van der Waals surface area contributed by atoms with E-state index in [2.05, 4.69) is 46.7 Å². The van der Waals surface area contributed by atoms with Crippen molar-refractivity contribution in [3.8, 4) is 0 Å². The van der Waals surface area contributed by atoms with E-state index < -0.39 is 0 Å². The summed E-state index contributed by atoms with van der Waals surface area (Å²) in [6.45, 7) is 5.07. The number of benzene rings is 1. The van der Waals surface area contributed by atoms with E-state index in [9.17, 15) is 4.79 Å². The molecule has 0 radical (unpaired) electrons. The van der Waals surface area contributed by atoms with Gasteiger partial charge in [0.05, 0.1) is 12.6 Å². The Morgan fingerprint density at radius 2 is 1.90 bits per heavy atom. The van der Waals surface area contributed by atoms with Gasteiger partial charge in [0.25, 0.3) is 0 Å². The fourth-order valence-electron chi connectivity index (χ4n) is 2.72. The average molecular weight is 291 g/mol. The topological polar surface area (TPSA) is 64.6 Å². The van der Waals surface area contributed by atoms with Gasteiger partial charge in [0, 0.05) is 13.1 Å². The normalized spacial score (nSPS) is 16.7. The number of amides is 2. The zero-order valence-corrected chi connectivity index (χ0v) is 12.6. The van der Waals surface area contributed by atoms with Crippen LogP contribution in [0.1, 0.15) is 30.0 Å². The van der Waals surface area contributed by atoms with E-state index in [-0.39, 0.29) is 25.2 Å². The molecule has 1 aliphatic rings. The van der Waals surface area contributed by atoms with E-state index in [0.29, 0.717) is 6.54 Å². The van der Waals surface area contributed by atoms with Crippen LogP contribution in [0.5, 0.6) is 0 Å². The number of carbonyl (C=O) groups is 1. The first-order valence-electron chi connectivity index (χ1n) is 7.64. The summed E-state index contributed by atoms with van der Waals surface area (Å²) in [7, 11) is 0. The molecule has 1 fully saturated rings. The van der Waals surface area contributed by atoms with Gasteiger partial charge in [-0.1, -0.05) is 29.8 Å². The first-order valence-corrected chi connectivity index (χ1v) is 7.64. The minimum atomic E-state index is -0.222. The van der Waals surface area contributed by atoms with Crippen molar-refractivity contribution in [2.45, 2.75) is 25.8 Å². The highest BCUT2D eigenvalue weighted by atomic mass is 16.3. The Hall–Kier alpha value is -1.59. The van der Waals surface area contributed by atoms with Crippen LogP contribution in [-0.2, 0) is 0 Å². The summed E-state index contributed by atoms with van der Waals surface area (Å²) >= 11 is 0. The lowest BCUT2D eigenvalue weighted by Gasteiger charge is -2.28. The molecule has 1 unspecified atom stereocenters. The van der Waals surface area contributed by atoms with Crippen LogP contribution >= 0.6 is 0 Å². The van der Waals surface area contributed by atoms with Gasteiger partial charge in [0.2, 0.25) is 0 Å². The summed E-state index contributed by atoms with van der Waals surface area (Å²) in [5, 5.41) is 14.2. The van der Waals surface area contributed by atoms with Crippen molar-refractivity contribution < 1.29 is 9.90 Å². The summed E-state index contributed by atoms with van der Waals surface area (Å²) in [6.07, 6.45) is 2.44. The molecule has 116 valence electrons. The molecule has 5 nitrogen and oxygen atoms in total. The summed E-state index contributed by atoms with van der Waals surface area (Å²) in [5.41, 5.74) is 2.48. The minimum Gasteiger partial charge on any atom is -0.395 e. The number of aliphatic hydroxyl groups excluding tert-OH is 1. The summed E-state index contributed by atoms with van der Waals surface area (Å²) in [5.74, 6) is 0. The number of rotatable bonds is 6. The number of likely N-dealkylation sites (tertiary alicyclic amines) is 1. The number of aliphatic hydroxyl groups is 1. The number of carbonyl (C=O) groups excluding carboxylic acids is 1. The van der Waals surface area contributed by atoms with Crippen LogP contribution in [0.3, 0.4) is 0 Å². The molecule has 1 aliphatic heterocycles. The van der Waals surface area contributed by atoms with Gasteiger partial charge in [-0.15, -0.1) is 0 Å². The molecule has 0 bridgehead atoms. The maximum Gasteiger partial charge on any atom is 0.314 e. The van der Waals surface area contributed by atoms with Crippen LogP contribution in [0.25, 0.3) is 0 Å². The Balaban J connectivity index is 1.98. The third kappa shape index (κ3) is 4.72. The van der Waals surface area contributed by atoms with Crippen molar-refractivity contribution in [1.29, 1.82) is 0 Å². The van der Waals surface area contributed by atoms with Crippen molar-refractivity contribution in [2.24, 2.45) is 0 Å². The third-order valence-electron chi connectivity index (χ3n) is 3.90. The summed E-state index contributed by atoms with van der Waals surface area (Å²) in [4.78, 5) is 14.1. The fourth-order valence-corrected chi connectivity index (χ4v) is 2.72. The van der Waals surface area contributed by atoms with Gasteiger partial charge >= 0.3 is 6.03 Å². The van der Waals surface area contributed by atoms with E-state index >= 15 is 0 Å². The highest BCUT2D eigenvalue weighted by molar-refractivity contribution is 5.73. The summed E-state index contributed by atoms with van der Waals surface area (Å²) < 4.78 is 0. The molecule has 1 aromatic carbocycles. The molecule has 3 N–H and O–H groups in total. The number of urea groups is 1. The molecule has 0 saturated carbocycles. The largest absolute Gasteiger partial charge is 0.395 e. The molecule has 0 aliphatic carbocycles. The zero-order chi connectivity index (χ0) is 15.1. The van der Waals surface area contributed by atoms with Gasteiger partial charge in [-0.25, -0.2) is 4.79 Å². The lowest BCUT2D eigenvalue weighted by atomic mass is 10.0. The number of aryl methyl sites for hydroxylation is 1. The van der Waals surface area contributed by atoms with E-state index in [1.165, 1.54) is 24.0 Å². The van der Waals surface area contributed by atoms with Crippen molar-refractivity contribution >= 4 is 6.03 Å². The standard InChI is InChI=1S/C16H25N3O2/c1-13-4-6-14(7-5-13)15(19-9-2-3-10-19)12-18-16(21)17-8-11-20/h4-7,15,20H,2-3,8-12H2,1H3,(H2,17,18,21). The molecular formula is C16H25N3O2. The van der Waals surface area contributed by atoms with Crippen LogP contribution in [0.4, 0.5) is 4.79 Å². The van der Waals surface area contributed by atoms with Crippen LogP contribution in [-0.4, -0.2) is 48.8 Å². The van der Waals surface area contributed by atoms with Gasteiger partial charge in [0.1, 0.15) is 0 Å². The van der Waals surface area contributed by atoms with Crippen molar-refractivity contribution in [3.05, 3.63) is 35.4 Å². The van der Waals surface area contributed by atoms with E-state index in [1.807, 2.05) is 0 Å². The van der Waals surface area contributed by atoms with Gasteiger partial charge < -0.3 is 15.7 Å². The maximum atomic E-state index is 11.7. The van der Waals surface area contributed by atoms with Gasteiger partial charge in [-0.2, -0.15) is 0 Å². The lowest BCUT2D eigenvalue weighted by molar-refractivity contribution is 0.217. The molecule has 21 heavy (non-hydrogen) atoms. The molecule has 1 atom stereocenters. The third-order valence-corrected chi connectivity index (χ3v) is 3.90. The first kappa shape index (κ1) is 15.8. The Morgan fingerprint density at radius 1 is 1.24 bits per heavy atom. The van der Waals surface area contributed by atoms with Crippen molar-refractivity contribution in [3.63, 3.8) is 0 Å².